The van der Waals surface area contributed by atoms with Gasteiger partial charge in [0.1, 0.15) is 0 Å². The fourth-order valence-corrected chi connectivity index (χ4v) is 6.07. The molecule has 6 unspecified atom stereocenters. The van der Waals surface area contributed by atoms with Gasteiger partial charge in [-0.15, -0.1) is 0 Å². The van der Waals surface area contributed by atoms with Crippen LogP contribution in [-0.4, -0.2) is 0 Å². The zero-order valence-electron chi connectivity index (χ0n) is 8.59. The summed E-state index contributed by atoms with van der Waals surface area (Å²) in [6.07, 6.45) is 9.59. The van der Waals surface area contributed by atoms with E-state index in [-0.39, 0.29) is 0 Å². The lowest BCUT2D eigenvalue weighted by molar-refractivity contribution is 0.233. The number of rotatable bonds is 1. The van der Waals surface area contributed by atoms with Crippen molar-refractivity contribution in [3.8, 4) is 0 Å². The molecule has 13 heavy (non-hydrogen) atoms. The van der Waals surface area contributed by atoms with Crippen molar-refractivity contribution in [3.05, 3.63) is 12.2 Å². The molecule has 0 nitrogen and oxygen atoms in total. The Morgan fingerprint density at radius 1 is 1.31 bits per heavy atom. The van der Waals surface area contributed by atoms with Crippen molar-refractivity contribution in [2.24, 2.45) is 34.5 Å². The van der Waals surface area contributed by atoms with Crippen molar-refractivity contribution in [1.82, 2.24) is 0 Å². The van der Waals surface area contributed by atoms with Crippen LogP contribution in [0.3, 0.4) is 0 Å². The SMILES string of the molecule is CC=CC12CC(C)C3CC4CC31C42. The van der Waals surface area contributed by atoms with E-state index in [2.05, 4.69) is 26.0 Å². The van der Waals surface area contributed by atoms with Crippen LogP contribution in [0.1, 0.15) is 33.1 Å². The normalized spacial score (nSPS) is 71.2. The summed E-state index contributed by atoms with van der Waals surface area (Å²) in [6.45, 7) is 4.70. The summed E-state index contributed by atoms with van der Waals surface area (Å²) in [4.78, 5) is 0. The first-order chi connectivity index (χ1) is 6.26. The van der Waals surface area contributed by atoms with Crippen LogP contribution in [0.2, 0.25) is 0 Å². The minimum Gasteiger partial charge on any atom is -0.0911 e. The van der Waals surface area contributed by atoms with Gasteiger partial charge in [-0.25, -0.2) is 0 Å². The largest absolute Gasteiger partial charge is 0.0911 e. The third-order valence-corrected chi connectivity index (χ3v) is 5.99. The van der Waals surface area contributed by atoms with E-state index in [0.717, 1.165) is 34.5 Å². The summed E-state index contributed by atoms with van der Waals surface area (Å²) in [5.41, 5.74) is 1.60. The van der Waals surface area contributed by atoms with Crippen LogP contribution in [0.5, 0.6) is 0 Å². The molecule has 5 rings (SSSR count). The number of hydrogen-bond donors (Lipinski definition) is 0. The van der Waals surface area contributed by atoms with Crippen molar-refractivity contribution in [1.29, 1.82) is 0 Å². The average molecular weight is 174 g/mol. The van der Waals surface area contributed by atoms with Crippen molar-refractivity contribution >= 4 is 0 Å². The molecule has 0 aliphatic heterocycles. The lowest BCUT2D eigenvalue weighted by atomic mass is 9.80. The Morgan fingerprint density at radius 2 is 2.15 bits per heavy atom. The molecule has 0 heteroatoms. The first kappa shape index (κ1) is 7.09. The maximum atomic E-state index is 2.58. The Morgan fingerprint density at radius 3 is 2.85 bits per heavy atom. The molecule has 5 aliphatic rings. The second kappa shape index (κ2) is 1.64. The van der Waals surface area contributed by atoms with Crippen molar-refractivity contribution in [2.75, 3.05) is 0 Å². The minimum absolute atomic E-state index is 0.731. The molecular formula is C13H18. The van der Waals surface area contributed by atoms with Crippen molar-refractivity contribution < 1.29 is 0 Å². The van der Waals surface area contributed by atoms with E-state index >= 15 is 0 Å². The maximum Gasteiger partial charge on any atom is -0.00168 e. The number of hydrogen-bond acceptors (Lipinski definition) is 0. The summed E-state index contributed by atoms with van der Waals surface area (Å²) < 4.78 is 0. The van der Waals surface area contributed by atoms with Gasteiger partial charge >= 0.3 is 0 Å². The highest BCUT2D eigenvalue weighted by Crippen LogP contribution is 2.97. The van der Waals surface area contributed by atoms with Gasteiger partial charge in [0.05, 0.1) is 0 Å². The Balaban J connectivity index is 1.86. The summed E-state index contributed by atoms with van der Waals surface area (Å²) in [5.74, 6) is 4.45. The molecule has 6 atom stereocenters. The van der Waals surface area contributed by atoms with Gasteiger partial charge in [0.25, 0.3) is 0 Å². The maximum absolute atomic E-state index is 2.58. The molecule has 5 aliphatic carbocycles. The molecule has 0 N–H and O–H groups in total. The van der Waals surface area contributed by atoms with E-state index in [1.54, 1.807) is 12.8 Å². The smallest absolute Gasteiger partial charge is 0.00168 e. The van der Waals surface area contributed by atoms with E-state index in [0.29, 0.717) is 0 Å². The number of allylic oxidation sites excluding steroid dienone is 2. The van der Waals surface area contributed by atoms with Gasteiger partial charge in [0.2, 0.25) is 0 Å². The Hall–Kier alpha value is -0.260. The van der Waals surface area contributed by atoms with Gasteiger partial charge in [0.15, 0.2) is 0 Å². The van der Waals surface area contributed by atoms with Gasteiger partial charge in [-0.05, 0) is 60.7 Å². The molecule has 0 aromatic carbocycles. The van der Waals surface area contributed by atoms with Gasteiger partial charge in [0, 0.05) is 0 Å². The minimum atomic E-state index is 0.731. The van der Waals surface area contributed by atoms with E-state index in [1.807, 2.05) is 0 Å². The van der Waals surface area contributed by atoms with E-state index in [4.69, 9.17) is 0 Å². The van der Waals surface area contributed by atoms with Gasteiger partial charge in [-0.2, -0.15) is 0 Å². The molecule has 0 heterocycles. The van der Waals surface area contributed by atoms with Crippen LogP contribution < -0.4 is 0 Å². The lowest BCUT2D eigenvalue weighted by Gasteiger charge is -2.24. The third kappa shape index (κ3) is 0.433. The Bertz CT molecular complexity index is 316. The zero-order valence-corrected chi connectivity index (χ0v) is 8.59. The monoisotopic (exact) mass is 174 g/mol. The van der Waals surface area contributed by atoms with Crippen LogP contribution in [-0.2, 0) is 0 Å². The second-order valence-corrected chi connectivity index (χ2v) is 6.05. The lowest BCUT2D eigenvalue weighted by Crippen LogP contribution is -2.19. The summed E-state index contributed by atoms with van der Waals surface area (Å²) in [6, 6.07) is 0. The first-order valence-electron chi connectivity index (χ1n) is 5.90. The highest BCUT2D eigenvalue weighted by Gasteiger charge is 2.92. The van der Waals surface area contributed by atoms with Crippen molar-refractivity contribution in [3.63, 3.8) is 0 Å². The summed E-state index contributed by atoms with van der Waals surface area (Å²) >= 11 is 0. The zero-order chi connectivity index (χ0) is 8.84. The molecule has 0 amide bonds. The molecular weight excluding hydrogens is 156 g/mol. The average Bonchev–Trinajstić information content (AvgIpc) is 2.44. The second-order valence-electron chi connectivity index (χ2n) is 6.05. The van der Waals surface area contributed by atoms with Crippen molar-refractivity contribution in [2.45, 2.75) is 33.1 Å². The summed E-state index contributed by atoms with van der Waals surface area (Å²) in [5, 5.41) is 0. The topological polar surface area (TPSA) is 0 Å². The van der Waals surface area contributed by atoms with Crippen LogP contribution in [0.15, 0.2) is 12.2 Å². The fraction of sp³-hybridized carbons (Fsp3) is 0.846. The predicted octanol–water partition coefficient (Wildman–Crippen LogP) is 3.24. The molecule has 0 saturated heterocycles. The van der Waals surface area contributed by atoms with E-state index < -0.39 is 0 Å². The first-order valence-corrected chi connectivity index (χ1v) is 5.90. The molecule has 0 radical (unpaired) electrons. The van der Waals surface area contributed by atoms with Gasteiger partial charge in [-0.3, -0.25) is 0 Å². The van der Waals surface area contributed by atoms with Crippen LogP contribution >= 0.6 is 0 Å². The van der Waals surface area contributed by atoms with Crippen LogP contribution in [0, 0.1) is 34.5 Å². The van der Waals surface area contributed by atoms with Gasteiger partial charge in [-0.1, -0.05) is 19.1 Å². The Labute approximate surface area is 80.4 Å². The highest BCUT2D eigenvalue weighted by atomic mass is 15.0. The van der Waals surface area contributed by atoms with E-state index in [1.165, 1.54) is 6.42 Å². The molecule has 2 bridgehead atoms. The Kier molecular flexibility index (Phi) is 0.894. The molecule has 5 saturated carbocycles. The van der Waals surface area contributed by atoms with Crippen LogP contribution in [0.25, 0.3) is 0 Å². The molecule has 70 valence electrons. The molecule has 1 spiro atoms. The predicted molar refractivity (Wildman–Crippen MR) is 53.2 cm³/mol. The summed E-state index contributed by atoms with van der Waals surface area (Å²) in [7, 11) is 0. The quantitative estimate of drug-likeness (QED) is 0.535. The molecule has 0 aromatic rings. The van der Waals surface area contributed by atoms with E-state index in [9.17, 15) is 0 Å². The molecule has 0 aromatic heterocycles. The highest BCUT2D eigenvalue weighted by molar-refractivity contribution is 5.44. The third-order valence-electron chi connectivity index (χ3n) is 5.99. The fourth-order valence-electron chi connectivity index (χ4n) is 6.07. The van der Waals surface area contributed by atoms with Gasteiger partial charge < -0.3 is 0 Å². The molecule has 5 fully saturated rings. The van der Waals surface area contributed by atoms with Crippen LogP contribution in [0.4, 0.5) is 0 Å². The standard InChI is InChI=1S/C13H18/c1-3-4-12-6-8(2)10-5-9-7-13(10,12)11(9)12/h3-4,8-11H,5-7H2,1-2H3.